The van der Waals surface area contributed by atoms with Gasteiger partial charge in [-0.1, -0.05) is 18.2 Å². The average molecular weight is 241 g/mol. The summed E-state index contributed by atoms with van der Waals surface area (Å²) in [5.74, 6) is 0.310. The number of pyridine rings is 1. The topological polar surface area (TPSA) is 39.2 Å². The summed E-state index contributed by atoms with van der Waals surface area (Å²) in [5, 5.41) is 0. The molecule has 0 N–H and O–H groups in total. The lowest BCUT2D eigenvalue weighted by atomic mass is 9.97. The highest BCUT2D eigenvalue weighted by Crippen LogP contribution is 2.21. The predicted molar refractivity (Wildman–Crippen MR) is 70.1 cm³/mol. The van der Waals surface area contributed by atoms with E-state index >= 15 is 0 Å². The molecule has 0 aliphatic carbocycles. The molecule has 2 rings (SSSR count). The molecular formula is C15H15NO2. The van der Waals surface area contributed by atoms with Gasteiger partial charge in [-0.15, -0.1) is 0 Å². The summed E-state index contributed by atoms with van der Waals surface area (Å²) in [5.41, 5.74) is 3.28. The van der Waals surface area contributed by atoms with Gasteiger partial charge in [0.05, 0.1) is 12.7 Å². The van der Waals surface area contributed by atoms with Gasteiger partial charge in [0.2, 0.25) is 5.88 Å². The summed E-state index contributed by atoms with van der Waals surface area (Å²) in [6, 6.07) is 9.18. The fraction of sp³-hybridized carbons (Fsp3) is 0.200. The summed E-state index contributed by atoms with van der Waals surface area (Å²) in [7, 11) is 1.52. The van der Waals surface area contributed by atoms with Gasteiger partial charge in [-0.05, 0) is 37.1 Å². The lowest BCUT2D eigenvalue weighted by Crippen LogP contribution is -2.07. The fourth-order valence-corrected chi connectivity index (χ4v) is 1.87. The molecule has 18 heavy (non-hydrogen) atoms. The molecule has 1 heterocycles. The van der Waals surface area contributed by atoms with Crippen LogP contribution >= 0.6 is 0 Å². The number of benzene rings is 1. The fourth-order valence-electron chi connectivity index (χ4n) is 1.87. The third-order valence-electron chi connectivity index (χ3n) is 3.06. The zero-order chi connectivity index (χ0) is 13.1. The number of aryl methyl sites for hydroxylation is 1. The molecule has 92 valence electrons. The van der Waals surface area contributed by atoms with E-state index in [0.29, 0.717) is 17.0 Å². The molecule has 3 heteroatoms. The standard InChI is InChI=1S/C15H15NO2/c1-10-6-4-7-12(11(10)2)14(17)13-8-5-9-16-15(13)18-3/h4-9H,1-3H3. The van der Waals surface area contributed by atoms with Crippen molar-refractivity contribution in [2.24, 2.45) is 0 Å². The van der Waals surface area contributed by atoms with Gasteiger partial charge in [-0.25, -0.2) is 4.98 Å². The Morgan fingerprint density at radius 2 is 1.83 bits per heavy atom. The maximum atomic E-state index is 12.5. The van der Waals surface area contributed by atoms with Gasteiger partial charge in [0.15, 0.2) is 5.78 Å². The number of carbonyl (C=O) groups is 1. The predicted octanol–water partition coefficient (Wildman–Crippen LogP) is 2.94. The van der Waals surface area contributed by atoms with Crippen LogP contribution in [0, 0.1) is 13.8 Å². The van der Waals surface area contributed by atoms with Crippen LogP contribution in [0.25, 0.3) is 0 Å². The SMILES string of the molecule is COc1ncccc1C(=O)c1cccc(C)c1C. The van der Waals surface area contributed by atoms with Crippen molar-refractivity contribution in [3.8, 4) is 5.88 Å². The Kier molecular flexibility index (Phi) is 3.42. The quantitative estimate of drug-likeness (QED) is 0.775. The Hall–Kier alpha value is -2.16. The first-order chi connectivity index (χ1) is 8.65. The van der Waals surface area contributed by atoms with E-state index in [-0.39, 0.29) is 5.78 Å². The summed E-state index contributed by atoms with van der Waals surface area (Å²) >= 11 is 0. The molecule has 0 saturated heterocycles. The van der Waals surface area contributed by atoms with Crippen molar-refractivity contribution >= 4 is 5.78 Å². The van der Waals surface area contributed by atoms with Crippen LogP contribution in [-0.2, 0) is 0 Å². The highest BCUT2D eigenvalue weighted by molar-refractivity contribution is 6.11. The van der Waals surface area contributed by atoms with Crippen molar-refractivity contribution in [3.05, 3.63) is 58.8 Å². The number of hydrogen-bond donors (Lipinski definition) is 0. The minimum absolute atomic E-state index is 0.0545. The largest absolute Gasteiger partial charge is 0.480 e. The van der Waals surface area contributed by atoms with Crippen LogP contribution in [0.4, 0.5) is 0 Å². The number of ketones is 1. The van der Waals surface area contributed by atoms with Crippen LogP contribution < -0.4 is 4.74 Å². The maximum absolute atomic E-state index is 12.5. The van der Waals surface area contributed by atoms with Crippen LogP contribution in [-0.4, -0.2) is 17.9 Å². The van der Waals surface area contributed by atoms with E-state index in [9.17, 15) is 4.79 Å². The van der Waals surface area contributed by atoms with Crippen LogP contribution in [0.1, 0.15) is 27.0 Å². The second kappa shape index (κ2) is 5.00. The van der Waals surface area contributed by atoms with E-state index in [1.54, 1.807) is 18.3 Å². The molecule has 0 saturated carbocycles. The Morgan fingerprint density at radius 1 is 1.11 bits per heavy atom. The van der Waals surface area contributed by atoms with E-state index in [2.05, 4.69) is 4.98 Å². The number of hydrogen-bond acceptors (Lipinski definition) is 3. The normalized spacial score (nSPS) is 10.2. The van der Waals surface area contributed by atoms with Gasteiger partial charge >= 0.3 is 0 Å². The first kappa shape index (κ1) is 12.3. The smallest absolute Gasteiger partial charge is 0.224 e. The number of aromatic nitrogens is 1. The monoisotopic (exact) mass is 241 g/mol. The van der Waals surface area contributed by atoms with Crippen molar-refractivity contribution in [1.82, 2.24) is 4.98 Å². The highest BCUT2D eigenvalue weighted by atomic mass is 16.5. The summed E-state index contributed by atoms with van der Waals surface area (Å²) in [6.07, 6.45) is 1.61. The molecule has 3 nitrogen and oxygen atoms in total. The third-order valence-corrected chi connectivity index (χ3v) is 3.06. The first-order valence-corrected chi connectivity index (χ1v) is 5.75. The third kappa shape index (κ3) is 2.12. The van der Waals surface area contributed by atoms with Crippen LogP contribution in [0.5, 0.6) is 5.88 Å². The van der Waals surface area contributed by atoms with Gasteiger partial charge < -0.3 is 4.74 Å². The van der Waals surface area contributed by atoms with E-state index < -0.39 is 0 Å². The zero-order valence-electron chi connectivity index (χ0n) is 10.7. The van der Waals surface area contributed by atoms with Gasteiger partial charge in [0, 0.05) is 11.8 Å². The molecule has 0 amide bonds. The van der Waals surface area contributed by atoms with Gasteiger partial charge in [0.1, 0.15) is 0 Å². The molecule has 0 aliphatic rings. The van der Waals surface area contributed by atoms with Gasteiger partial charge in [-0.2, -0.15) is 0 Å². The van der Waals surface area contributed by atoms with Crippen LogP contribution in [0.3, 0.4) is 0 Å². The van der Waals surface area contributed by atoms with Crippen LogP contribution in [0.2, 0.25) is 0 Å². The number of rotatable bonds is 3. The summed E-state index contributed by atoms with van der Waals surface area (Å²) in [4.78, 5) is 16.5. The Labute approximate surface area is 106 Å². The molecule has 0 atom stereocenters. The number of ether oxygens (including phenoxy) is 1. The second-order valence-corrected chi connectivity index (χ2v) is 4.14. The zero-order valence-corrected chi connectivity index (χ0v) is 10.7. The van der Waals surface area contributed by atoms with Crippen molar-refractivity contribution in [3.63, 3.8) is 0 Å². The second-order valence-electron chi connectivity index (χ2n) is 4.14. The Morgan fingerprint density at radius 3 is 2.56 bits per heavy atom. The molecular weight excluding hydrogens is 226 g/mol. The Balaban J connectivity index is 2.52. The van der Waals surface area contributed by atoms with Gasteiger partial charge in [-0.3, -0.25) is 4.79 Å². The minimum atomic E-state index is -0.0545. The molecule has 2 aromatic rings. The molecule has 1 aromatic heterocycles. The van der Waals surface area contributed by atoms with E-state index in [0.717, 1.165) is 11.1 Å². The molecule has 0 radical (unpaired) electrons. The first-order valence-electron chi connectivity index (χ1n) is 5.75. The molecule has 0 unspecified atom stereocenters. The Bertz CT molecular complexity index is 591. The summed E-state index contributed by atoms with van der Waals surface area (Å²) < 4.78 is 5.13. The van der Waals surface area contributed by atoms with Gasteiger partial charge in [0.25, 0.3) is 0 Å². The minimum Gasteiger partial charge on any atom is -0.480 e. The van der Waals surface area contributed by atoms with Crippen molar-refractivity contribution in [2.45, 2.75) is 13.8 Å². The summed E-state index contributed by atoms with van der Waals surface area (Å²) in [6.45, 7) is 3.94. The molecule has 0 fully saturated rings. The highest BCUT2D eigenvalue weighted by Gasteiger charge is 2.17. The van der Waals surface area contributed by atoms with E-state index in [1.807, 2.05) is 32.0 Å². The number of carbonyl (C=O) groups excluding carboxylic acids is 1. The molecule has 0 spiro atoms. The number of methoxy groups -OCH3 is 1. The van der Waals surface area contributed by atoms with E-state index in [4.69, 9.17) is 4.74 Å². The van der Waals surface area contributed by atoms with Crippen LogP contribution in [0.15, 0.2) is 36.5 Å². The van der Waals surface area contributed by atoms with E-state index in [1.165, 1.54) is 7.11 Å². The lowest BCUT2D eigenvalue weighted by Gasteiger charge is -2.09. The molecule has 0 aliphatic heterocycles. The van der Waals surface area contributed by atoms with Crippen molar-refractivity contribution in [2.75, 3.05) is 7.11 Å². The number of nitrogens with zero attached hydrogens (tertiary/aromatic N) is 1. The molecule has 0 bridgehead atoms. The maximum Gasteiger partial charge on any atom is 0.224 e. The lowest BCUT2D eigenvalue weighted by molar-refractivity contribution is 0.103. The average Bonchev–Trinajstić information content (AvgIpc) is 2.41. The molecule has 1 aromatic carbocycles. The van der Waals surface area contributed by atoms with Crippen molar-refractivity contribution in [1.29, 1.82) is 0 Å². The van der Waals surface area contributed by atoms with Crippen molar-refractivity contribution < 1.29 is 9.53 Å².